The van der Waals surface area contributed by atoms with E-state index in [0.717, 1.165) is 22.4 Å². The molecule has 0 bridgehead atoms. The number of rotatable bonds is 5. The van der Waals surface area contributed by atoms with Crippen LogP contribution in [0.2, 0.25) is 5.02 Å². The van der Waals surface area contributed by atoms with Crippen molar-refractivity contribution >= 4 is 59.0 Å². The smallest absolute Gasteiger partial charge is 0.228 e. The summed E-state index contributed by atoms with van der Waals surface area (Å²) in [6.45, 7) is 4.67. The van der Waals surface area contributed by atoms with Crippen molar-refractivity contribution in [2.75, 3.05) is 11.9 Å². The number of hydrogen-bond donors (Lipinski definition) is 2. The predicted octanol–water partition coefficient (Wildman–Crippen LogP) is 4.42. The predicted molar refractivity (Wildman–Crippen MR) is 116 cm³/mol. The van der Waals surface area contributed by atoms with E-state index < -0.39 is 0 Å². The molecule has 2 aromatic carbocycles. The Balaban J connectivity index is 0.00000182. The molecule has 0 fully saturated rings. The Bertz CT molecular complexity index is 926. The van der Waals surface area contributed by atoms with Crippen molar-refractivity contribution in [2.45, 2.75) is 20.4 Å². The summed E-state index contributed by atoms with van der Waals surface area (Å²) in [5, 5.41) is 3.54. The molecule has 1 amide bonds. The van der Waals surface area contributed by atoms with E-state index in [4.69, 9.17) is 17.3 Å². The van der Waals surface area contributed by atoms with Gasteiger partial charge in [-0.3, -0.25) is 4.79 Å². The van der Waals surface area contributed by atoms with E-state index in [9.17, 15) is 4.79 Å². The van der Waals surface area contributed by atoms with Crippen molar-refractivity contribution < 1.29 is 4.79 Å². The van der Waals surface area contributed by atoms with Crippen molar-refractivity contribution in [1.29, 1.82) is 0 Å². The number of nitrogens with two attached hydrogens (primary N) is 1. The number of carbonyl (C=O) groups is 1. The lowest BCUT2D eigenvalue weighted by Gasteiger charge is -2.13. The number of aryl methyl sites for hydroxylation is 1. The van der Waals surface area contributed by atoms with Gasteiger partial charge in [0, 0.05) is 23.2 Å². The first kappa shape index (κ1) is 23.2. The first-order valence-electron chi connectivity index (χ1n) is 8.21. The zero-order chi connectivity index (χ0) is 18.0. The van der Waals surface area contributed by atoms with E-state index >= 15 is 0 Å². The zero-order valence-corrected chi connectivity index (χ0v) is 17.5. The van der Waals surface area contributed by atoms with Crippen molar-refractivity contribution in [3.05, 3.63) is 58.9 Å². The Morgan fingerprint density at radius 1 is 1.26 bits per heavy atom. The van der Waals surface area contributed by atoms with Gasteiger partial charge in [-0.25, -0.2) is 4.98 Å². The van der Waals surface area contributed by atoms with Crippen LogP contribution in [0.4, 0.5) is 5.69 Å². The van der Waals surface area contributed by atoms with Crippen LogP contribution in [-0.2, 0) is 11.3 Å². The summed E-state index contributed by atoms with van der Waals surface area (Å²) in [5.74, 6) is 0.586. The molecule has 1 heterocycles. The number of halogens is 3. The summed E-state index contributed by atoms with van der Waals surface area (Å²) in [7, 11) is 0. The maximum Gasteiger partial charge on any atom is 0.228 e. The van der Waals surface area contributed by atoms with Gasteiger partial charge in [0.25, 0.3) is 0 Å². The lowest BCUT2D eigenvalue weighted by atomic mass is 10.1. The highest BCUT2D eigenvalue weighted by Gasteiger charge is 2.13. The van der Waals surface area contributed by atoms with Gasteiger partial charge in [-0.1, -0.05) is 30.7 Å². The van der Waals surface area contributed by atoms with Crippen LogP contribution in [0.15, 0.2) is 42.5 Å². The summed E-state index contributed by atoms with van der Waals surface area (Å²) < 4.78 is 2.12. The van der Waals surface area contributed by atoms with Crippen molar-refractivity contribution in [3.63, 3.8) is 0 Å². The molecule has 27 heavy (non-hydrogen) atoms. The topological polar surface area (TPSA) is 72.9 Å². The third kappa shape index (κ3) is 5.14. The molecular formula is C19H23Cl3N4O. The fourth-order valence-corrected chi connectivity index (χ4v) is 2.89. The fourth-order valence-electron chi connectivity index (χ4n) is 2.71. The van der Waals surface area contributed by atoms with Gasteiger partial charge < -0.3 is 15.6 Å². The van der Waals surface area contributed by atoms with Gasteiger partial charge in [-0.05, 0) is 42.8 Å². The number of benzene rings is 2. The highest BCUT2D eigenvalue weighted by atomic mass is 35.5. The number of carbonyl (C=O) groups excluding carboxylic acids is 1. The first-order chi connectivity index (χ1) is 12.0. The highest BCUT2D eigenvalue weighted by molar-refractivity contribution is 6.31. The quantitative estimate of drug-likeness (QED) is 0.630. The van der Waals surface area contributed by atoms with E-state index in [2.05, 4.69) is 14.9 Å². The van der Waals surface area contributed by atoms with E-state index in [0.29, 0.717) is 23.8 Å². The molecule has 1 aromatic heterocycles. The minimum atomic E-state index is -0.237. The minimum absolute atomic E-state index is 0. The standard InChI is InChI=1S/C19H21ClN4O.2ClH/c1-12(10-21)19(25)23-15-7-8-16(20)14(9-15)11-24-13(2)22-17-5-3-4-6-18(17)24;;/h3-9,12H,10-11,21H2,1-2H3,(H,23,25);2*1H. The molecule has 0 aliphatic carbocycles. The molecule has 0 saturated carbocycles. The molecule has 5 nitrogen and oxygen atoms in total. The monoisotopic (exact) mass is 428 g/mol. The third-order valence-corrected chi connectivity index (χ3v) is 4.66. The maximum atomic E-state index is 12.0. The molecule has 1 atom stereocenters. The number of hydrogen-bond acceptors (Lipinski definition) is 3. The molecule has 3 rings (SSSR count). The molecule has 0 aliphatic heterocycles. The average Bonchev–Trinajstić information content (AvgIpc) is 2.92. The molecule has 0 saturated heterocycles. The Kier molecular flexibility index (Phi) is 8.57. The van der Waals surface area contributed by atoms with Gasteiger partial charge in [0.2, 0.25) is 5.91 Å². The Morgan fingerprint density at radius 2 is 1.96 bits per heavy atom. The average molecular weight is 430 g/mol. The minimum Gasteiger partial charge on any atom is -0.330 e. The molecular weight excluding hydrogens is 407 g/mol. The molecule has 0 spiro atoms. The molecule has 1 unspecified atom stereocenters. The van der Waals surface area contributed by atoms with Crippen LogP contribution in [0.25, 0.3) is 11.0 Å². The lowest BCUT2D eigenvalue weighted by molar-refractivity contribution is -0.119. The van der Waals surface area contributed by atoms with Crippen molar-refractivity contribution in [2.24, 2.45) is 11.7 Å². The van der Waals surface area contributed by atoms with Gasteiger partial charge >= 0.3 is 0 Å². The van der Waals surface area contributed by atoms with E-state index in [1.165, 1.54) is 0 Å². The molecule has 3 N–H and O–H groups in total. The van der Waals surface area contributed by atoms with E-state index in [1.54, 1.807) is 19.1 Å². The van der Waals surface area contributed by atoms with Gasteiger partial charge in [-0.2, -0.15) is 0 Å². The number of anilines is 1. The highest BCUT2D eigenvalue weighted by Crippen LogP contribution is 2.24. The van der Waals surface area contributed by atoms with Crippen LogP contribution >= 0.6 is 36.4 Å². The van der Waals surface area contributed by atoms with Crippen molar-refractivity contribution in [1.82, 2.24) is 9.55 Å². The van der Waals surface area contributed by atoms with Crippen LogP contribution in [0.5, 0.6) is 0 Å². The largest absolute Gasteiger partial charge is 0.330 e. The second-order valence-electron chi connectivity index (χ2n) is 6.17. The SMILES string of the molecule is Cc1nc2ccccc2n1Cc1cc(NC(=O)C(C)CN)ccc1Cl.Cl.Cl. The number of nitrogens with zero attached hydrogens (tertiary/aromatic N) is 2. The second kappa shape index (κ2) is 9.95. The Labute approximate surface area is 176 Å². The van der Waals surface area contributed by atoms with Gasteiger partial charge in [0.1, 0.15) is 5.82 Å². The van der Waals surface area contributed by atoms with Gasteiger partial charge in [0.05, 0.1) is 17.6 Å². The van der Waals surface area contributed by atoms with Crippen LogP contribution in [-0.4, -0.2) is 22.0 Å². The first-order valence-corrected chi connectivity index (χ1v) is 8.58. The number of nitrogens with one attached hydrogen (secondary N) is 1. The number of para-hydroxylation sites is 2. The number of aromatic nitrogens is 2. The number of imidazole rings is 1. The Hall–Kier alpha value is -1.79. The molecule has 146 valence electrons. The molecule has 0 aliphatic rings. The van der Waals surface area contributed by atoms with Crippen LogP contribution in [0.1, 0.15) is 18.3 Å². The fraction of sp³-hybridized carbons (Fsp3) is 0.263. The van der Waals surface area contributed by atoms with E-state index in [-0.39, 0.29) is 36.6 Å². The molecule has 3 aromatic rings. The van der Waals surface area contributed by atoms with Crippen LogP contribution < -0.4 is 11.1 Å². The molecule has 8 heteroatoms. The van der Waals surface area contributed by atoms with E-state index in [1.807, 2.05) is 37.3 Å². The lowest BCUT2D eigenvalue weighted by Crippen LogP contribution is -2.26. The summed E-state index contributed by atoms with van der Waals surface area (Å²) >= 11 is 6.38. The second-order valence-corrected chi connectivity index (χ2v) is 6.57. The summed E-state index contributed by atoms with van der Waals surface area (Å²) in [6, 6.07) is 13.5. The van der Waals surface area contributed by atoms with Gasteiger partial charge in [0.15, 0.2) is 0 Å². The molecule has 0 radical (unpaired) electrons. The number of amides is 1. The summed E-state index contributed by atoms with van der Waals surface area (Å²) in [5.41, 5.74) is 9.20. The summed E-state index contributed by atoms with van der Waals surface area (Å²) in [4.78, 5) is 16.6. The Morgan fingerprint density at radius 3 is 2.67 bits per heavy atom. The normalized spacial score (nSPS) is 11.4. The van der Waals surface area contributed by atoms with Crippen LogP contribution in [0, 0.1) is 12.8 Å². The number of fused-ring (bicyclic) bond motifs is 1. The van der Waals surface area contributed by atoms with Crippen molar-refractivity contribution in [3.8, 4) is 0 Å². The van der Waals surface area contributed by atoms with Crippen LogP contribution in [0.3, 0.4) is 0 Å². The third-order valence-electron chi connectivity index (χ3n) is 4.29. The zero-order valence-electron chi connectivity index (χ0n) is 15.1. The maximum absolute atomic E-state index is 12.0. The van der Waals surface area contributed by atoms with Gasteiger partial charge in [-0.15, -0.1) is 24.8 Å². The summed E-state index contributed by atoms with van der Waals surface area (Å²) in [6.07, 6.45) is 0.